The lowest BCUT2D eigenvalue weighted by Gasteiger charge is -2.10. The van der Waals surface area contributed by atoms with Gasteiger partial charge in [-0.2, -0.15) is 0 Å². The molecule has 0 aliphatic carbocycles. The second-order valence-electron chi connectivity index (χ2n) is 3.90. The smallest absolute Gasteiger partial charge is 0.339 e. The molecule has 0 aliphatic heterocycles. The summed E-state index contributed by atoms with van der Waals surface area (Å²) in [4.78, 5) is 21.0. The van der Waals surface area contributed by atoms with Gasteiger partial charge in [-0.25, -0.2) is 9.18 Å². The summed E-state index contributed by atoms with van der Waals surface area (Å²) < 4.78 is 18.9. The first-order valence-electron chi connectivity index (χ1n) is 5.53. The maximum Gasteiger partial charge on any atom is 0.339 e. The Kier molecular flexibility index (Phi) is 4.04. The zero-order valence-corrected chi connectivity index (χ0v) is 11.0. The lowest BCUT2D eigenvalue weighted by atomic mass is 10.2. The predicted octanol–water partition coefficient (Wildman–Crippen LogP) is 3.88. The summed E-state index contributed by atoms with van der Waals surface area (Å²) in [5.74, 6) is -2.86. The van der Waals surface area contributed by atoms with Crippen molar-refractivity contribution in [1.29, 1.82) is 0 Å². The first-order chi connectivity index (χ1) is 9.90. The molecular formula is C13H7ClFNO5. The number of hydrogen-bond acceptors (Lipinski definition) is 4. The molecule has 2 aromatic rings. The number of nitro groups is 1. The number of rotatable bonds is 4. The van der Waals surface area contributed by atoms with Crippen molar-refractivity contribution in [2.45, 2.75) is 0 Å². The van der Waals surface area contributed by atoms with Gasteiger partial charge in [0, 0.05) is 12.1 Å². The molecule has 0 unspecified atom stereocenters. The van der Waals surface area contributed by atoms with E-state index in [4.69, 9.17) is 21.4 Å². The lowest BCUT2D eigenvalue weighted by molar-refractivity contribution is -0.384. The number of non-ortho nitro benzene ring substituents is 1. The minimum atomic E-state index is -1.37. The highest BCUT2D eigenvalue weighted by Crippen LogP contribution is 2.35. The zero-order chi connectivity index (χ0) is 15.6. The van der Waals surface area contributed by atoms with Crippen molar-refractivity contribution >= 4 is 23.3 Å². The van der Waals surface area contributed by atoms with Crippen molar-refractivity contribution in [2.75, 3.05) is 0 Å². The Morgan fingerprint density at radius 1 is 1.33 bits per heavy atom. The normalized spacial score (nSPS) is 10.2. The topological polar surface area (TPSA) is 89.7 Å². The minimum Gasteiger partial charge on any atom is -0.478 e. The Morgan fingerprint density at radius 2 is 2.05 bits per heavy atom. The van der Waals surface area contributed by atoms with Gasteiger partial charge in [0.25, 0.3) is 5.69 Å². The van der Waals surface area contributed by atoms with Crippen molar-refractivity contribution in [3.63, 3.8) is 0 Å². The SMILES string of the molecule is O=C(O)c1cccc(F)c1Oc1ccc([N+](=O)[O-])cc1Cl. The van der Waals surface area contributed by atoms with Crippen LogP contribution in [0.3, 0.4) is 0 Å². The van der Waals surface area contributed by atoms with Gasteiger partial charge in [-0.15, -0.1) is 0 Å². The Bertz CT molecular complexity index is 734. The highest BCUT2D eigenvalue weighted by Gasteiger charge is 2.18. The molecule has 0 atom stereocenters. The second-order valence-corrected chi connectivity index (χ2v) is 4.30. The third kappa shape index (κ3) is 3.09. The molecule has 21 heavy (non-hydrogen) atoms. The van der Waals surface area contributed by atoms with Crippen LogP contribution in [0.4, 0.5) is 10.1 Å². The molecule has 0 saturated heterocycles. The molecule has 0 fully saturated rings. The number of aromatic carboxylic acids is 1. The highest BCUT2D eigenvalue weighted by atomic mass is 35.5. The van der Waals surface area contributed by atoms with Crippen molar-refractivity contribution in [3.05, 3.63) is 62.9 Å². The highest BCUT2D eigenvalue weighted by molar-refractivity contribution is 6.32. The monoisotopic (exact) mass is 311 g/mol. The quantitative estimate of drug-likeness (QED) is 0.683. The molecule has 0 spiro atoms. The van der Waals surface area contributed by atoms with E-state index in [1.807, 2.05) is 0 Å². The maximum absolute atomic E-state index is 13.7. The van der Waals surface area contributed by atoms with Crippen molar-refractivity contribution < 1.29 is 24.0 Å². The van der Waals surface area contributed by atoms with E-state index in [2.05, 4.69) is 0 Å². The Morgan fingerprint density at radius 3 is 2.62 bits per heavy atom. The number of carbonyl (C=O) groups is 1. The molecule has 0 aromatic heterocycles. The van der Waals surface area contributed by atoms with Crippen LogP contribution in [0, 0.1) is 15.9 Å². The first-order valence-corrected chi connectivity index (χ1v) is 5.91. The van der Waals surface area contributed by atoms with Gasteiger partial charge in [-0.05, 0) is 18.2 Å². The second kappa shape index (κ2) is 5.76. The van der Waals surface area contributed by atoms with E-state index < -0.39 is 22.5 Å². The van der Waals surface area contributed by atoms with E-state index in [-0.39, 0.29) is 22.0 Å². The Labute approximate surface area is 122 Å². The summed E-state index contributed by atoms with van der Waals surface area (Å²) in [6, 6.07) is 6.73. The number of benzene rings is 2. The molecule has 0 heterocycles. The maximum atomic E-state index is 13.7. The number of nitrogens with zero attached hydrogens (tertiary/aromatic N) is 1. The molecule has 1 N–H and O–H groups in total. The number of carboxylic acid groups (broad SMARTS) is 1. The summed E-state index contributed by atoms with van der Waals surface area (Å²) >= 11 is 5.81. The molecule has 0 aliphatic rings. The van der Waals surface area contributed by atoms with Crippen LogP contribution in [0.2, 0.25) is 5.02 Å². The predicted molar refractivity (Wildman–Crippen MR) is 71.5 cm³/mol. The fraction of sp³-hybridized carbons (Fsp3) is 0. The van der Waals surface area contributed by atoms with E-state index in [1.54, 1.807) is 0 Å². The van der Waals surface area contributed by atoms with Gasteiger partial charge >= 0.3 is 5.97 Å². The average molecular weight is 312 g/mol. The van der Waals surface area contributed by atoms with E-state index in [0.717, 1.165) is 18.2 Å². The molecule has 0 amide bonds. The number of nitro benzene ring substituents is 1. The third-order valence-corrected chi connectivity index (χ3v) is 2.83. The van der Waals surface area contributed by atoms with Gasteiger partial charge in [0.15, 0.2) is 11.6 Å². The first kappa shape index (κ1) is 14.7. The summed E-state index contributed by atoms with van der Waals surface area (Å²) in [5.41, 5.74) is -0.649. The van der Waals surface area contributed by atoms with Gasteiger partial charge < -0.3 is 9.84 Å². The number of halogens is 2. The molecule has 108 valence electrons. The average Bonchev–Trinajstić information content (AvgIpc) is 2.42. The molecule has 6 nitrogen and oxygen atoms in total. The van der Waals surface area contributed by atoms with E-state index in [9.17, 15) is 19.3 Å². The van der Waals surface area contributed by atoms with Crippen LogP contribution in [-0.2, 0) is 0 Å². The summed E-state index contributed by atoms with van der Waals surface area (Å²) in [5, 5.41) is 19.4. The summed E-state index contributed by atoms with van der Waals surface area (Å²) in [6.07, 6.45) is 0. The van der Waals surface area contributed by atoms with Crippen LogP contribution in [0.5, 0.6) is 11.5 Å². The minimum absolute atomic E-state index is 0.0881. The fourth-order valence-corrected chi connectivity index (χ4v) is 1.79. The fourth-order valence-electron chi connectivity index (χ4n) is 1.58. The molecule has 0 radical (unpaired) electrons. The summed E-state index contributed by atoms with van der Waals surface area (Å²) in [7, 11) is 0. The zero-order valence-electron chi connectivity index (χ0n) is 10.2. The molecule has 0 saturated carbocycles. The number of hydrogen-bond donors (Lipinski definition) is 1. The standard InChI is InChI=1S/C13H7ClFNO5/c14-9-6-7(16(19)20)4-5-11(9)21-12-8(13(17)18)2-1-3-10(12)15/h1-6H,(H,17,18). The molecular weight excluding hydrogens is 305 g/mol. The van der Waals surface area contributed by atoms with Gasteiger partial charge in [0.1, 0.15) is 11.3 Å². The van der Waals surface area contributed by atoms with Crippen molar-refractivity contribution in [2.24, 2.45) is 0 Å². The molecule has 8 heteroatoms. The molecule has 2 rings (SSSR count). The number of para-hydroxylation sites is 1. The van der Waals surface area contributed by atoms with E-state index in [1.165, 1.54) is 18.2 Å². The van der Waals surface area contributed by atoms with Crippen molar-refractivity contribution in [1.82, 2.24) is 0 Å². The molecule has 2 aromatic carbocycles. The van der Waals surface area contributed by atoms with Crippen LogP contribution in [-0.4, -0.2) is 16.0 Å². The van der Waals surface area contributed by atoms with Gasteiger partial charge in [0.05, 0.1) is 9.95 Å². The number of ether oxygens (including phenoxy) is 1. The number of carboxylic acids is 1. The Balaban J connectivity index is 2.44. The van der Waals surface area contributed by atoms with Crippen LogP contribution in [0.25, 0.3) is 0 Å². The van der Waals surface area contributed by atoms with E-state index in [0.29, 0.717) is 0 Å². The van der Waals surface area contributed by atoms with Crippen LogP contribution in [0.15, 0.2) is 36.4 Å². The molecule has 0 bridgehead atoms. The Hall–Kier alpha value is -2.67. The van der Waals surface area contributed by atoms with Crippen LogP contribution < -0.4 is 4.74 Å². The summed E-state index contributed by atoms with van der Waals surface area (Å²) in [6.45, 7) is 0. The van der Waals surface area contributed by atoms with Gasteiger partial charge in [-0.1, -0.05) is 17.7 Å². The van der Waals surface area contributed by atoms with Gasteiger partial charge in [0.2, 0.25) is 0 Å². The van der Waals surface area contributed by atoms with Gasteiger partial charge in [-0.3, -0.25) is 10.1 Å². The van der Waals surface area contributed by atoms with E-state index >= 15 is 0 Å². The largest absolute Gasteiger partial charge is 0.478 e. The lowest BCUT2D eigenvalue weighted by Crippen LogP contribution is -2.02. The third-order valence-electron chi connectivity index (χ3n) is 2.54. The van der Waals surface area contributed by atoms with Crippen LogP contribution >= 0.6 is 11.6 Å². The van der Waals surface area contributed by atoms with Crippen LogP contribution in [0.1, 0.15) is 10.4 Å². The van der Waals surface area contributed by atoms with Crippen molar-refractivity contribution in [3.8, 4) is 11.5 Å².